The van der Waals surface area contributed by atoms with E-state index in [9.17, 15) is 9.59 Å². The van der Waals surface area contributed by atoms with Crippen LogP contribution in [0.2, 0.25) is 0 Å². The fourth-order valence-electron chi connectivity index (χ4n) is 2.64. The van der Waals surface area contributed by atoms with E-state index < -0.39 is 12.1 Å². The average Bonchev–Trinajstić information content (AvgIpc) is 2.79. The average molecular weight is 405 g/mol. The molecule has 0 saturated carbocycles. The first-order valence-corrected chi connectivity index (χ1v) is 9.50. The minimum atomic E-state index is -0.920. The lowest BCUT2D eigenvalue weighted by molar-refractivity contribution is -0.129. The van der Waals surface area contributed by atoms with Gasteiger partial charge in [-0.3, -0.25) is 4.79 Å². The van der Waals surface area contributed by atoms with E-state index in [2.05, 4.69) is 5.32 Å². The normalized spacial score (nSPS) is 11.3. The van der Waals surface area contributed by atoms with Crippen LogP contribution in [0.1, 0.15) is 22.8 Å². The van der Waals surface area contributed by atoms with Crippen molar-refractivity contribution in [2.24, 2.45) is 0 Å². The topological polar surface area (TPSA) is 73.9 Å². The lowest BCUT2D eigenvalue weighted by Crippen LogP contribution is -2.35. The van der Waals surface area contributed by atoms with Crippen LogP contribution in [0.4, 0.5) is 0 Å². The fourth-order valence-corrected chi connectivity index (χ4v) is 2.64. The molecule has 30 heavy (non-hydrogen) atoms. The quantitative estimate of drug-likeness (QED) is 0.564. The van der Waals surface area contributed by atoms with E-state index >= 15 is 0 Å². The molecule has 3 rings (SSSR count). The molecule has 0 fully saturated rings. The van der Waals surface area contributed by atoms with Crippen LogP contribution in [0.3, 0.4) is 0 Å². The van der Waals surface area contributed by atoms with Crippen LogP contribution in [-0.2, 0) is 16.1 Å². The van der Waals surface area contributed by atoms with Crippen LogP contribution >= 0.6 is 0 Å². The standard InChI is InChI=1S/C24H23NO5/c1-17(23(26)25-16-18-8-12-20(28-2)13-9-18)29-24(27)19-10-14-22(15-11-19)30-21-6-4-3-5-7-21/h3-15,17H,16H2,1-2H3,(H,25,26)/t17-/m1/s1. The second-order valence-electron chi connectivity index (χ2n) is 6.55. The first-order valence-electron chi connectivity index (χ1n) is 9.50. The number of nitrogens with one attached hydrogen (secondary N) is 1. The second kappa shape index (κ2) is 10.1. The third-order valence-electron chi connectivity index (χ3n) is 4.35. The van der Waals surface area contributed by atoms with E-state index in [4.69, 9.17) is 14.2 Å². The first kappa shape index (κ1) is 20.9. The zero-order chi connectivity index (χ0) is 21.3. The van der Waals surface area contributed by atoms with Gasteiger partial charge in [0.25, 0.3) is 5.91 Å². The molecule has 0 aliphatic rings. The Morgan fingerprint density at radius 3 is 2.07 bits per heavy atom. The molecule has 0 spiro atoms. The summed E-state index contributed by atoms with van der Waals surface area (Å²) >= 11 is 0. The van der Waals surface area contributed by atoms with Crippen LogP contribution in [0, 0.1) is 0 Å². The van der Waals surface area contributed by atoms with Gasteiger partial charge in [0.1, 0.15) is 17.2 Å². The summed E-state index contributed by atoms with van der Waals surface area (Å²) in [6.45, 7) is 1.87. The molecule has 6 heteroatoms. The third kappa shape index (κ3) is 5.85. The molecule has 3 aromatic carbocycles. The van der Waals surface area contributed by atoms with Crippen molar-refractivity contribution >= 4 is 11.9 Å². The van der Waals surface area contributed by atoms with Crippen molar-refractivity contribution in [2.45, 2.75) is 19.6 Å². The summed E-state index contributed by atoms with van der Waals surface area (Å²) < 4.78 is 16.1. The van der Waals surface area contributed by atoms with Gasteiger partial charge >= 0.3 is 5.97 Å². The molecule has 1 N–H and O–H groups in total. The van der Waals surface area contributed by atoms with Gasteiger partial charge < -0.3 is 19.5 Å². The Bertz CT molecular complexity index is 969. The summed E-state index contributed by atoms with van der Waals surface area (Å²) in [5, 5.41) is 2.75. The number of benzene rings is 3. The van der Waals surface area contributed by atoms with Crippen LogP contribution < -0.4 is 14.8 Å². The van der Waals surface area contributed by atoms with Crippen LogP contribution in [0.15, 0.2) is 78.9 Å². The van der Waals surface area contributed by atoms with E-state index in [1.165, 1.54) is 6.92 Å². The highest BCUT2D eigenvalue weighted by Crippen LogP contribution is 2.21. The molecule has 0 aromatic heterocycles. The number of carbonyl (C=O) groups is 2. The molecule has 0 saturated heterocycles. The molecule has 154 valence electrons. The number of hydrogen-bond donors (Lipinski definition) is 1. The van der Waals surface area contributed by atoms with Gasteiger partial charge in [-0.2, -0.15) is 0 Å². The molecule has 0 aliphatic carbocycles. The Morgan fingerprint density at radius 2 is 1.43 bits per heavy atom. The smallest absolute Gasteiger partial charge is 0.338 e. The zero-order valence-electron chi connectivity index (χ0n) is 16.8. The lowest BCUT2D eigenvalue weighted by atomic mass is 10.2. The minimum absolute atomic E-state index is 0.330. The van der Waals surface area contributed by atoms with Gasteiger partial charge in [-0.15, -0.1) is 0 Å². The fraction of sp³-hybridized carbons (Fsp3) is 0.167. The van der Waals surface area contributed by atoms with Crippen molar-refractivity contribution in [3.05, 3.63) is 90.0 Å². The van der Waals surface area contributed by atoms with E-state index in [0.29, 0.717) is 23.6 Å². The maximum atomic E-state index is 12.3. The van der Waals surface area contributed by atoms with Gasteiger partial charge in [0.2, 0.25) is 0 Å². The Kier molecular flexibility index (Phi) is 7.05. The van der Waals surface area contributed by atoms with Gasteiger partial charge in [0.05, 0.1) is 12.7 Å². The third-order valence-corrected chi connectivity index (χ3v) is 4.35. The Labute approximate surface area is 175 Å². The summed E-state index contributed by atoms with van der Waals surface area (Å²) in [6, 6.07) is 23.2. The number of carbonyl (C=O) groups excluding carboxylic acids is 2. The van der Waals surface area contributed by atoms with Gasteiger partial charge in [0.15, 0.2) is 6.10 Å². The van der Waals surface area contributed by atoms with Gasteiger partial charge in [-0.05, 0) is 61.0 Å². The highest BCUT2D eigenvalue weighted by atomic mass is 16.5. The molecule has 1 atom stereocenters. The number of methoxy groups -OCH3 is 1. The number of hydrogen-bond acceptors (Lipinski definition) is 5. The Balaban J connectivity index is 1.49. The molecule has 0 radical (unpaired) electrons. The summed E-state index contributed by atoms with van der Waals surface area (Å²) in [5.41, 5.74) is 1.25. The van der Waals surface area contributed by atoms with Crippen molar-refractivity contribution < 1.29 is 23.8 Å². The molecule has 0 heterocycles. The van der Waals surface area contributed by atoms with Crippen molar-refractivity contribution in [1.29, 1.82) is 0 Å². The monoisotopic (exact) mass is 405 g/mol. The molecular weight excluding hydrogens is 382 g/mol. The SMILES string of the molecule is COc1ccc(CNC(=O)[C@@H](C)OC(=O)c2ccc(Oc3ccccc3)cc2)cc1. The number of ether oxygens (including phenoxy) is 3. The van der Waals surface area contributed by atoms with E-state index in [0.717, 1.165) is 11.3 Å². The molecule has 0 aliphatic heterocycles. The molecule has 0 unspecified atom stereocenters. The number of para-hydroxylation sites is 1. The maximum Gasteiger partial charge on any atom is 0.338 e. The van der Waals surface area contributed by atoms with Crippen molar-refractivity contribution in [3.8, 4) is 17.2 Å². The predicted octanol–water partition coefficient (Wildman–Crippen LogP) is 4.35. The minimum Gasteiger partial charge on any atom is -0.497 e. The van der Waals surface area contributed by atoms with E-state index in [1.54, 1.807) is 31.4 Å². The van der Waals surface area contributed by atoms with Crippen molar-refractivity contribution in [3.63, 3.8) is 0 Å². The molecule has 3 aromatic rings. The van der Waals surface area contributed by atoms with E-state index in [-0.39, 0.29) is 5.91 Å². The summed E-state index contributed by atoms with van der Waals surface area (Å²) in [5.74, 6) is 1.10. The van der Waals surface area contributed by atoms with E-state index in [1.807, 2.05) is 54.6 Å². The largest absolute Gasteiger partial charge is 0.497 e. The molecular formula is C24H23NO5. The summed E-state index contributed by atoms with van der Waals surface area (Å²) in [7, 11) is 1.59. The second-order valence-corrected chi connectivity index (χ2v) is 6.55. The number of esters is 1. The van der Waals surface area contributed by atoms with Gasteiger partial charge in [-0.25, -0.2) is 4.79 Å². The van der Waals surface area contributed by atoms with Crippen LogP contribution in [0.25, 0.3) is 0 Å². The van der Waals surface area contributed by atoms with Crippen molar-refractivity contribution in [2.75, 3.05) is 7.11 Å². The lowest BCUT2D eigenvalue weighted by Gasteiger charge is -2.14. The number of rotatable bonds is 8. The van der Waals surface area contributed by atoms with Gasteiger partial charge in [0, 0.05) is 6.54 Å². The maximum absolute atomic E-state index is 12.3. The zero-order valence-corrected chi connectivity index (χ0v) is 16.8. The van der Waals surface area contributed by atoms with Crippen LogP contribution in [0.5, 0.6) is 17.2 Å². The number of amides is 1. The predicted molar refractivity (Wildman–Crippen MR) is 113 cm³/mol. The highest BCUT2D eigenvalue weighted by molar-refractivity contribution is 5.92. The van der Waals surface area contributed by atoms with Crippen LogP contribution in [-0.4, -0.2) is 25.1 Å². The molecule has 0 bridgehead atoms. The summed E-state index contributed by atoms with van der Waals surface area (Å²) in [4.78, 5) is 24.5. The van der Waals surface area contributed by atoms with Crippen molar-refractivity contribution in [1.82, 2.24) is 5.32 Å². The highest BCUT2D eigenvalue weighted by Gasteiger charge is 2.18. The van der Waals surface area contributed by atoms with Gasteiger partial charge in [-0.1, -0.05) is 30.3 Å². The Morgan fingerprint density at radius 1 is 0.833 bits per heavy atom. The molecule has 1 amide bonds. The molecule has 6 nitrogen and oxygen atoms in total. The Hall–Kier alpha value is -3.80. The summed E-state index contributed by atoms with van der Waals surface area (Å²) in [6.07, 6.45) is -0.920. The first-order chi connectivity index (χ1) is 14.5.